The highest BCUT2D eigenvalue weighted by atomic mass is 35.5. The summed E-state index contributed by atoms with van der Waals surface area (Å²) in [6.45, 7) is 5.44. The predicted molar refractivity (Wildman–Crippen MR) is 71.8 cm³/mol. The number of rotatable bonds is 4. The van der Waals surface area contributed by atoms with E-state index in [0.29, 0.717) is 5.75 Å². The Morgan fingerprint density at radius 3 is 2.55 bits per heavy atom. The first kappa shape index (κ1) is 14.5. The maximum Gasteiger partial charge on any atom is 0.329 e. The largest absolute Gasteiger partial charge is 0.461 e. The Morgan fingerprint density at radius 2 is 1.85 bits per heavy atom. The van der Waals surface area contributed by atoms with Crippen LogP contribution < -0.4 is 9.47 Å². The summed E-state index contributed by atoms with van der Waals surface area (Å²) in [7, 11) is 0. The first-order chi connectivity index (χ1) is 9.44. The first-order valence-electron chi connectivity index (χ1n) is 5.96. The molecular formula is C13H13ClFN3O2. The molecule has 2 aromatic rings. The minimum absolute atomic E-state index is 0.0469. The second-order valence-electron chi connectivity index (χ2n) is 4.35. The lowest BCUT2D eigenvalue weighted by molar-refractivity contribution is 0.218. The molecule has 106 valence electrons. The van der Waals surface area contributed by atoms with Gasteiger partial charge < -0.3 is 9.47 Å². The van der Waals surface area contributed by atoms with Gasteiger partial charge in [-0.2, -0.15) is 9.97 Å². The molecule has 0 bridgehead atoms. The molecule has 0 amide bonds. The highest BCUT2D eigenvalue weighted by molar-refractivity contribution is 6.28. The van der Waals surface area contributed by atoms with Crippen molar-refractivity contribution in [1.82, 2.24) is 15.0 Å². The number of aryl methyl sites for hydroxylation is 1. The molecule has 7 heteroatoms. The van der Waals surface area contributed by atoms with Crippen molar-refractivity contribution in [3.63, 3.8) is 0 Å². The molecule has 1 aromatic heterocycles. The third-order valence-corrected chi connectivity index (χ3v) is 2.43. The molecule has 0 aliphatic heterocycles. The molecule has 0 radical (unpaired) electrons. The fourth-order valence-electron chi connectivity index (χ4n) is 1.41. The standard InChI is InChI=1S/C13H13ClFN3O2/c1-7(2)19-12-16-11(14)17-13(18-12)20-10-6-9(15)5-4-8(10)3/h4-7H,1-3H3. The number of hydrogen-bond donors (Lipinski definition) is 0. The molecule has 20 heavy (non-hydrogen) atoms. The SMILES string of the molecule is Cc1ccc(F)cc1Oc1nc(Cl)nc(OC(C)C)n1. The lowest BCUT2D eigenvalue weighted by Gasteiger charge is -2.10. The van der Waals surface area contributed by atoms with Crippen LogP contribution in [0.25, 0.3) is 0 Å². The summed E-state index contributed by atoms with van der Waals surface area (Å²) in [4.78, 5) is 11.6. The Balaban J connectivity index is 2.28. The normalized spacial score (nSPS) is 10.7. The second-order valence-corrected chi connectivity index (χ2v) is 4.69. The lowest BCUT2D eigenvalue weighted by atomic mass is 10.2. The van der Waals surface area contributed by atoms with Crippen molar-refractivity contribution in [1.29, 1.82) is 0 Å². The maximum atomic E-state index is 13.2. The summed E-state index contributed by atoms with van der Waals surface area (Å²) >= 11 is 5.77. The van der Waals surface area contributed by atoms with Crippen molar-refractivity contribution in [2.45, 2.75) is 26.9 Å². The molecule has 0 saturated heterocycles. The van der Waals surface area contributed by atoms with Crippen LogP contribution in [0.1, 0.15) is 19.4 Å². The molecule has 0 aliphatic carbocycles. The average Bonchev–Trinajstić information content (AvgIpc) is 2.32. The summed E-state index contributed by atoms with van der Waals surface area (Å²) < 4.78 is 23.9. The van der Waals surface area contributed by atoms with E-state index >= 15 is 0 Å². The van der Waals surface area contributed by atoms with Gasteiger partial charge in [-0.3, -0.25) is 0 Å². The second kappa shape index (κ2) is 6.00. The van der Waals surface area contributed by atoms with Crippen molar-refractivity contribution >= 4 is 11.6 Å². The van der Waals surface area contributed by atoms with Crippen LogP contribution in [0.3, 0.4) is 0 Å². The molecule has 0 atom stereocenters. The molecule has 1 aromatic carbocycles. The van der Waals surface area contributed by atoms with Gasteiger partial charge in [0.2, 0.25) is 5.28 Å². The van der Waals surface area contributed by atoms with Gasteiger partial charge in [-0.25, -0.2) is 4.39 Å². The van der Waals surface area contributed by atoms with Gasteiger partial charge in [0.15, 0.2) is 0 Å². The molecule has 0 N–H and O–H groups in total. The van der Waals surface area contributed by atoms with Crippen LogP contribution in [-0.2, 0) is 0 Å². The van der Waals surface area contributed by atoms with Crippen molar-refractivity contribution in [2.24, 2.45) is 0 Å². The Labute approximate surface area is 120 Å². The Morgan fingerprint density at radius 1 is 1.15 bits per heavy atom. The zero-order valence-corrected chi connectivity index (χ0v) is 12.0. The van der Waals surface area contributed by atoms with E-state index in [4.69, 9.17) is 21.1 Å². The van der Waals surface area contributed by atoms with Crippen molar-refractivity contribution < 1.29 is 13.9 Å². The summed E-state index contributed by atoms with van der Waals surface area (Å²) in [5.74, 6) is -0.104. The number of aromatic nitrogens is 3. The molecule has 0 spiro atoms. The number of ether oxygens (including phenoxy) is 2. The van der Waals surface area contributed by atoms with E-state index in [1.807, 2.05) is 13.8 Å². The van der Waals surface area contributed by atoms with Crippen LogP contribution >= 0.6 is 11.6 Å². The molecule has 0 unspecified atom stereocenters. The predicted octanol–water partition coefficient (Wildman–Crippen LogP) is 3.55. The van der Waals surface area contributed by atoms with Gasteiger partial charge in [0.25, 0.3) is 0 Å². The number of halogens is 2. The van der Waals surface area contributed by atoms with E-state index in [0.717, 1.165) is 5.56 Å². The molecular weight excluding hydrogens is 285 g/mol. The average molecular weight is 298 g/mol. The summed E-state index contributed by atoms with van der Waals surface area (Å²) in [6, 6.07) is 4.20. The van der Waals surface area contributed by atoms with E-state index in [2.05, 4.69) is 15.0 Å². The van der Waals surface area contributed by atoms with Crippen LogP contribution in [0.5, 0.6) is 17.8 Å². The summed E-state index contributed by atoms with van der Waals surface area (Å²) in [5, 5.41) is -0.0558. The smallest absolute Gasteiger partial charge is 0.329 e. The molecule has 0 saturated carbocycles. The Bertz CT molecular complexity index is 623. The quantitative estimate of drug-likeness (QED) is 0.863. The Kier molecular flexibility index (Phi) is 4.34. The fourth-order valence-corrected chi connectivity index (χ4v) is 1.55. The van der Waals surface area contributed by atoms with Gasteiger partial charge in [0.05, 0.1) is 6.10 Å². The third-order valence-electron chi connectivity index (χ3n) is 2.26. The Hall–Kier alpha value is -1.95. The first-order valence-corrected chi connectivity index (χ1v) is 6.34. The molecule has 2 rings (SSSR count). The topological polar surface area (TPSA) is 57.1 Å². The van der Waals surface area contributed by atoms with E-state index in [9.17, 15) is 4.39 Å². The minimum Gasteiger partial charge on any atom is -0.461 e. The van der Waals surface area contributed by atoms with E-state index in [1.165, 1.54) is 12.1 Å². The zero-order valence-electron chi connectivity index (χ0n) is 11.2. The van der Waals surface area contributed by atoms with Gasteiger partial charge in [-0.1, -0.05) is 6.07 Å². The van der Waals surface area contributed by atoms with Crippen LogP contribution in [0.15, 0.2) is 18.2 Å². The van der Waals surface area contributed by atoms with Crippen molar-refractivity contribution in [2.75, 3.05) is 0 Å². The van der Waals surface area contributed by atoms with E-state index in [1.54, 1.807) is 13.0 Å². The molecule has 1 heterocycles. The molecule has 0 aliphatic rings. The van der Waals surface area contributed by atoms with Crippen molar-refractivity contribution in [3.8, 4) is 17.8 Å². The van der Waals surface area contributed by atoms with Crippen LogP contribution in [0.2, 0.25) is 5.28 Å². The van der Waals surface area contributed by atoms with Crippen molar-refractivity contribution in [3.05, 3.63) is 34.9 Å². The van der Waals surface area contributed by atoms with Crippen LogP contribution in [0.4, 0.5) is 4.39 Å². The van der Waals surface area contributed by atoms with Gasteiger partial charge in [0.1, 0.15) is 11.6 Å². The van der Waals surface area contributed by atoms with Gasteiger partial charge in [-0.15, -0.1) is 4.98 Å². The number of hydrogen-bond acceptors (Lipinski definition) is 5. The molecule has 5 nitrogen and oxygen atoms in total. The van der Waals surface area contributed by atoms with E-state index < -0.39 is 5.82 Å². The lowest BCUT2D eigenvalue weighted by Crippen LogP contribution is -2.09. The van der Waals surface area contributed by atoms with Gasteiger partial charge >= 0.3 is 12.0 Å². The van der Waals surface area contributed by atoms with Crippen LogP contribution in [-0.4, -0.2) is 21.1 Å². The summed E-state index contributed by atoms with van der Waals surface area (Å²) in [6.07, 6.45) is -0.114. The minimum atomic E-state index is -0.413. The number of benzene rings is 1. The fraction of sp³-hybridized carbons (Fsp3) is 0.308. The highest BCUT2D eigenvalue weighted by Crippen LogP contribution is 2.25. The summed E-state index contributed by atoms with van der Waals surface area (Å²) in [5.41, 5.74) is 0.745. The maximum absolute atomic E-state index is 13.2. The van der Waals surface area contributed by atoms with Gasteiger partial charge in [0, 0.05) is 6.07 Å². The van der Waals surface area contributed by atoms with Crippen LogP contribution in [0, 0.1) is 12.7 Å². The van der Waals surface area contributed by atoms with Gasteiger partial charge in [-0.05, 0) is 44.0 Å². The molecule has 0 fully saturated rings. The van der Waals surface area contributed by atoms with E-state index in [-0.39, 0.29) is 23.4 Å². The zero-order chi connectivity index (χ0) is 14.7. The highest BCUT2D eigenvalue weighted by Gasteiger charge is 2.11. The number of nitrogens with zero attached hydrogens (tertiary/aromatic N) is 3. The monoisotopic (exact) mass is 297 g/mol. The third kappa shape index (κ3) is 3.77.